The number of fused-ring (bicyclic) bond motifs is 2. The summed E-state index contributed by atoms with van der Waals surface area (Å²) in [6, 6.07) is 6.38. The number of hydrogen-bond acceptors (Lipinski definition) is 5. The van der Waals surface area contributed by atoms with Gasteiger partial charge in [0.15, 0.2) is 0 Å². The summed E-state index contributed by atoms with van der Waals surface area (Å²) in [5.41, 5.74) is 1.27. The summed E-state index contributed by atoms with van der Waals surface area (Å²) < 4.78 is 31.3. The lowest BCUT2D eigenvalue weighted by molar-refractivity contribution is -0.0499. The van der Waals surface area contributed by atoms with Crippen molar-refractivity contribution < 1.29 is 23.4 Å². The molecule has 0 saturated carbocycles. The number of benzene rings is 1. The highest BCUT2D eigenvalue weighted by atomic mass is 32.1. The highest BCUT2D eigenvalue weighted by Gasteiger charge is 2.25. The molecule has 1 aromatic carbocycles. The normalized spacial score (nSPS) is 14.8. The Kier molecular flexibility index (Phi) is 4.46. The molecule has 0 spiro atoms. The molecular formula is C19H14F2N2O4S. The highest BCUT2D eigenvalue weighted by molar-refractivity contribution is 7.20. The molecule has 28 heavy (non-hydrogen) atoms. The fourth-order valence-electron chi connectivity index (χ4n) is 3.34. The number of para-hydroxylation sites is 1. The fraction of sp³-hybridized carbons (Fsp3) is 0.211. The Morgan fingerprint density at radius 3 is 2.86 bits per heavy atom. The van der Waals surface area contributed by atoms with E-state index in [4.69, 9.17) is 0 Å². The SMILES string of the molecule is Cc1c(C(=O)O)sc2nc3n(c(=O)c12)CCC3=Cc1ccccc1OC(F)F. The van der Waals surface area contributed by atoms with E-state index < -0.39 is 12.6 Å². The quantitative estimate of drug-likeness (QED) is 0.711. The lowest BCUT2D eigenvalue weighted by Gasteiger charge is -2.08. The van der Waals surface area contributed by atoms with Crippen LogP contribution >= 0.6 is 11.3 Å². The maximum absolute atomic E-state index is 12.9. The molecule has 2 aromatic heterocycles. The standard InChI is InChI=1S/C19H14F2N2O4S/c1-9-13-16(28-14(9)18(25)26)22-15-11(6-7-23(15)17(13)24)8-10-4-2-3-5-12(10)27-19(20)21/h2-5,8,19H,6-7H2,1H3,(H,25,26). The van der Waals surface area contributed by atoms with E-state index in [1.54, 1.807) is 31.2 Å². The Morgan fingerprint density at radius 2 is 2.14 bits per heavy atom. The van der Waals surface area contributed by atoms with Gasteiger partial charge in [0.05, 0.1) is 5.39 Å². The van der Waals surface area contributed by atoms with E-state index in [1.807, 2.05) is 0 Å². The number of hydrogen-bond donors (Lipinski definition) is 1. The molecule has 3 aromatic rings. The van der Waals surface area contributed by atoms with Gasteiger partial charge in [-0.2, -0.15) is 8.78 Å². The van der Waals surface area contributed by atoms with Gasteiger partial charge >= 0.3 is 12.6 Å². The molecule has 0 aliphatic carbocycles. The topological polar surface area (TPSA) is 81.4 Å². The van der Waals surface area contributed by atoms with Crippen molar-refractivity contribution in [3.05, 3.63) is 56.4 Å². The third-order valence-electron chi connectivity index (χ3n) is 4.60. The van der Waals surface area contributed by atoms with Gasteiger partial charge in [-0.1, -0.05) is 18.2 Å². The van der Waals surface area contributed by atoms with Gasteiger partial charge in [-0.3, -0.25) is 9.36 Å². The molecule has 4 rings (SSSR count). The molecule has 0 amide bonds. The number of aryl methyl sites for hydroxylation is 1. The number of thiophene rings is 1. The number of allylic oxidation sites excluding steroid dienone is 1. The predicted octanol–water partition coefficient (Wildman–Crippen LogP) is 4.01. The van der Waals surface area contributed by atoms with E-state index >= 15 is 0 Å². The van der Waals surface area contributed by atoms with Crippen molar-refractivity contribution in [2.45, 2.75) is 26.5 Å². The Bertz CT molecular complexity index is 1200. The maximum Gasteiger partial charge on any atom is 0.387 e. The first-order valence-corrected chi connectivity index (χ1v) is 9.20. The van der Waals surface area contributed by atoms with E-state index in [0.717, 1.165) is 11.3 Å². The Hall–Kier alpha value is -3.07. The van der Waals surface area contributed by atoms with Crippen LogP contribution in [0.2, 0.25) is 0 Å². The van der Waals surface area contributed by atoms with Crippen LogP contribution in [0.3, 0.4) is 0 Å². The number of carbonyl (C=O) groups is 1. The van der Waals surface area contributed by atoms with Gasteiger partial charge in [0.25, 0.3) is 5.56 Å². The van der Waals surface area contributed by atoms with Crippen molar-refractivity contribution >= 4 is 39.2 Å². The first-order valence-electron chi connectivity index (χ1n) is 8.39. The van der Waals surface area contributed by atoms with Crippen LogP contribution in [0.25, 0.3) is 21.9 Å². The summed E-state index contributed by atoms with van der Waals surface area (Å²) in [6.45, 7) is -0.959. The maximum atomic E-state index is 12.9. The molecule has 6 nitrogen and oxygen atoms in total. The van der Waals surface area contributed by atoms with Gasteiger partial charge < -0.3 is 9.84 Å². The van der Waals surface area contributed by atoms with Crippen molar-refractivity contribution in [2.75, 3.05) is 0 Å². The molecule has 0 saturated heterocycles. The van der Waals surface area contributed by atoms with Gasteiger partial charge in [0, 0.05) is 12.1 Å². The second-order valence-corrected chi connectivity index (χ2v) is 7.27. The number of aromatic nitrogens is 2. The molecular weight excluding hydrogens is 390 g/mol. The van der Waals surface area contributed by atoms with Crippen LogP contribution in [0, 0.1) is 6.92 Å². The second-order valence-electron chi connectivity index (χ2n) is 6.27. The first-order chi connectivity index (χ1) is 13.4. The molecule has 0 fully saturated rings. The van der Waals surface area contributed by atoms with Gasteiger partial charge in [0.1, 0.15) is 21.3 Å². The van der Waals surface area contributed by atoms with Crippen LogP contribution in [0.5, 0.6) is 5.75 Å². The van der Waals surface area contributed by atoms with E-state index in [9.17, 15) is 23.5 Å². The van der Waals surface area contributed by atoms with E-state index in [2.05, 4.69) is 9.72 Å². The number of rotatable bonds is 4. The smallest absolute Gasteiger partial charge is 0.387 e. The Balaban J connectivity index is 1.86. The summed E-state index contributed by atoms with van der Waals surface area (Å²) in [5.74, 6) is -0.645. The van der Waals surface area contributed by atoms with Crippen LogP contribution in [-0.2, 0) is 6.54 Å². The summed E-state index contributed by atoms with van der Waals surface area (Å²) >= 11 is 0.957. The molecule has 1 aliphatic rings. The van der Waals surface area contributed by atoms with E-state index in [0.29, 0.717) is 45.7 Å². The molecule has 3 heterocycles. The zero-order valence-electron chi connectivity index (χ0n) is 14.6. The molecule has 0 radical (unpaired) electrons. The molecule has 0 bridgehead atoms. The van der Waals surface area contributed by atoms with E-state index in [1.165, 1.54) is 10.6 Å². The zero-order valence-corrected chi connectivity index (χ0v) is 15.4. The fourth-order valence-corrected chi connectivity index (χ4v) is 4.36. The lowest BCUT2D eigenvalue weighted by atomic mass is 10.1. The van der Waals surface area contributed by atoms with Crippen LogP contribution in [0.1, 0.15) is 33.0 Å². The molecule has 0 unspecified atom stereocenters. The van der Waals surface area contributed by atoms with Crippen molar-refractivity contribution in [3.63, 3.8) is 0 Å². The van der Waals surface area contributed by atoms with Crippen LogP contribution in [-0.4, -0.2) is 27.2 Å². The van der Waals surface area contributed by atoms with Gasteiger partial charge in [-0.25, -0.2) is 9.78 Å². The largest absolute Gasteiger partial charge is 0.477 e. The third-order valence-corrected chi connectivity index (χ3v) is 5.78. The highest BCUT2D eigenvalue weighted by Crippen LogP contribution is 2.33. The van der Waals surface area contributed by atoms with Crippen LogP contribution in [0.4, 0.5) is 8.78 Å². The number of nitrogens with zero attached hydrogens (tertiary/aromatic N) is 2. The van der Waals surface area contributed by atoms with Crippen molar-refractivity contribution in [3.8, 4) is 5.75 Å². The number of aromatic carboxylic acids is 1. The molecule has 144 valence electrons. The number of ether oxygens (including phenoxy) is 1. The third kappa shape index (κ3) is 2.97. The molecule has 1 N–H and O–H groups in total. The average Bonchev–Trinajstić information content (AvgIpc) is 3.18. The number of carboxylic acids is 1. The summed E-state index contributed by atoms with van der Waals surface area (Å²) in [7, 11) is 0. The average molecular weight is 404 g/mol. The van der Waals surface area contributed by atoms with Gasteiger partial charge in [0.2, 0.25) is 0 Å². The van der Waals surface area contributed by atoms with Crippen molar-refractivity contribution in [1.82, 2.24) is 9.55 Å². The van der Waals surface area contributed by atoms with Crippen LogP contribution in [0.15, 0.2) is 29.1 Å². The number of alkyl halides is 2. The monoisotopic (exact) mass is 404 g/mol. The Morgan fingerprint density at radius 1 is 1.39 bits per heavy atom. The van der Waals surface area contributed by atoms with Gasteiger partial charge in [-0.05, 0) is 36.6 Å². The first kappa shape index (κ1) is 18.3. The minimum Gasteiger partial charge on any atom is -0.477 e. The van der Waals surface area contributed by atoms with Crippen molar-refractivity contribution in [2.24, 2.45) is 0 Å². The summed E-state index contributed by atoms with van der Waals surface area (Å²) in [6.07, 6.45) is 2.18. The summed E-state index contributed by atoms with van der Waals surface area (Å²) in [4.78, 5) is 29.2. The molecule has 9 heteroatoms. The predicted molar refractivity (Wildman–Crippen MR) is 101 cm³/mol. The molecule has 1 aliphatic heterocycles. The number of carboxylic acid groups (broad SMARTS) is 1. The minimum absolute atomic E-state index is 0.0343. The van der Waals surface area contributed by atoms with E-state index in [-0.39, 0.29) is 16.2 Å². The minimum atomic E-state index is -2.95. The number of halogens is 2. The van der Waals surface area contributed by atoms with Gasteiger partial charge in [-0.15, -0.1) is 11.3 Å². The lowest BCUT2D eigenvalue weighted by Crippen LogP contribution is -2.20. The van der Waals surface area contributed by atoms with Crippen LogP contribution < -0.4 is 10.3 Å². The van der Waals surface area contributed by atoms with Crippen molar-refractivity contribution in [1.29, 1.82) is 0 Å². The zero-order chi connectivity index (χ0) is 20.0. The second kappa shape index (κ2) is 6.83. The summed E-state index contributed by atoms with van der Waals surface area (Å²) in [5, 5.41) is 9.62. The molecule has 0 atom stereocenters. The Labute approximate surface area is 161 Å².